The molecule has 5 heteroatoms. The number of nitrogens with zero attached hydrogens (tertiary/aromatic N) is 1. The van der Waals surface area contributed by atoms with Gasteiger partial charge in [-0.05, 0) is 32.0 Å². The highest BCUT2D eigenvalue weighted by Gasteiger charge is 2.10. The standard InChI is InChI=1S/C13H15FN2OS/c1-8-7-18-13(16-8)9(2)15-6-10-5-11(14)3-4-12(10)17/h3-5,7,9,15,17H,6H2,1-2H3. The van der Waals surface area contributed by atoms with Gasteiger partial charge in [-0.3, -0.25) is 0 Å². The van der Waals surface area contributed by atoms with Crippen molar-refractivity contribution in [2.24, 2.45) is 0 Å². The molecule has 0 aliphatic heterocycles. The van der Waals surface area contributed by atoms with Crippen molar-refractivity contribution in [2.45, 2.75) is 26.4 Å². The molecule has 2 aromatic rings. The number of benzene rings is 1. The third-order valence-electron chi connectivity index (χ3n) is 2.65. The van der Waals surface area contributed by atoms with E-state index < -0.39 is 0 Å². The average Bonchev–Trinajstić information content (AvgIpc) is 2.77. The van der Waals surface area contributed by atoms with E-state index in [0.717, 1.165) is 10.7 Å². The van der Waals surface area contributed by atoms with Crippen LogP contribution in [-0.2, 0) is 6.54 Å². The maximum absolute atomic E-state index is 13.0. The van der Waals surface area contributed by atoms with E-state index in [9.17, 15) is 9.50 Å². The molecule has 96 valence electrons. The Hall–Kier alpha value is -1.46. The summed E-state index contributed by atoms with van der Waals surface area (Å²) in [7, 11) is 0. The van der Waals surface area contributed by atoms with E-state index in [1.54, 1.807) is 11.3 Å². The van der Waals surface area contributed by atoms with Crippen molar-refractivity contribution >= 4 is 11.3 Å². The second-order valence-electron chi connectivity index (χ2n) is 4.20. The number of aryl methyl sites for hydroxylation is 1. The third kappa shape index (κ3) is 3.05. The number of aromatic hydroxyl groups is 1. The first-order valence-corrected chi connectivity index (χ1v) is 6.57. The number of halogens is 1. The Balaban J connectivity index is 2.01. The second kappa shape index (κ2) is 5.46. The summed E-state index contributed by atoms with van der Waals surface area (Å²) in [6.07, 6.45) is 0. The molecule has 1 atom stereocenters. The number of thiazole rings is 1. The molecule has 2 rings (SSSR count). The molecule has 1 aromatic heterocycles. The van der Waals surface area contributed by atoms with E-state index in [1.807, 2.05) is 19.2 Å². The number of phenols is 1. The van der Waals surface area contributed by atoms with Crippen LogP contribution in [-0.4, -0.2) is 10.1 Å². The van der Waals surface area contributed by atoms with Crippen molar-refractivity contribution < 1.29 is 9.50 Å². The van der Waals surface area contributed by atoms with E-state index in [0.29, 0.717) is 12.1 Å². The number of phenolic OH excluding ortho intramolecular Hbond substituents is 1. The minimum atomic E-state index is -0.345. The van der Waals surface area contributed by atoms with Crippen LogP contribution in [0.1, 0.15) is 29.2 Å². The number of hydrogen-bond acceptors (Lipinski definition) is 4. The highest BCUT2D eigenvalue weighted by molar-refractivity contribution is 7.09. The lowest BCUT2D eigenvalue weighted by Gasteiger charge is -2.12. The van der Waals surface area contributed by atoms with Crippen molar-refractivity contribution in [3.8, 4) is 5.75 Å². The molecule has 2 N–H and O–H groups in total. The lowest BCUT2D eigenvalue weighted by molar-refractivity contribution is 0.457. The Morgan fingerprint density at radius 2 is 2.28 bits per heavy atom. The van der Waals surface area contributed by atoms with Gasteiger partial charge in [-0.25, -0.2) is 9.37 Å². The Morgan fingerprint density at radius 1 is 1.50 bits per heavy atom. The van der Waals surface area contributed by atoms with Crippen LogP contribution < -0.4 is 5.32 Å². The van der Waals surface area contributed by atoms with Gasteiger partial charge in [0, 0.05) is 23.2 Å². The molecule has 0 radical (unpaired) electrons. The minimum Gasteiger partial charge on any atom is -0.508 e. The van der Waals surface area contributed by atoms with Gasteiger partial charge in [-0.15, -0.1) is 11.3 Å². The van der Waals surface area contributed by atoms with Gasteiger partial charge >= 0.3 is 0 Å². The molecular weight excluding hydrogens is 251 g/mol. The van der Waals surface area contributed by atoms with Gasteiger partial charge in [-0.2, -0.15) is 0 Å². The molecule has 0 amide bonds. The highest BCUT2D eigenvalue weighted by atomic mass is 32.1. The van der Waals surface area contributed by atoms with Crippen LogP contribution in [0, 0.1) is 12.7 Å². The maximum atomic E-state index is 13.0. The fraction of sp³-hybridized carbons (Fsp3) is 0.308. The lowest BCUT2D eigenvalue weighted by Crippen LogP contribution is -2.18. The quantitative estimate of drug-likeness (QED) is 0.893. The van der Waals surface area contributed by atoms with Crippen LogP contribution >= 0.6 is 11.3 Å². The Bertz CT molecular complexity index is 542. The highest BCUT2D eigenvalue weighted by Crippen LogP contribution is 2.21. The average molecular weight is 266 g/mol. The predicted molar refractivity (Wildman–Crippen MR) is 70.2 cm³/mol. The Kier molecular flexibility index (Phi) is 3.93. The number of aromatic nitrogens is 1. The molecule has 0 aliphatic rings. The first kappa shape index (κ1) is 13.0. The summed E-state index contributed by atoms with van der Waals surface area (Å²) in [5.41, 5.74) is 1.55. The van der Waals surface area contributed by atoms with E-state index in [2.05, 4.69) is 10.3 Å². The summed E-state index contributed by atoms with van der Waals surface area (Å²) >= 11 is 1.59. The van der Waals surface area contributed by atoms with Crippen molar-refractivity contribution in [3.63, 3.8) is 0 Å². The third-order valence-corrected chi connectivity index (χ3v) is 3.79. The molecule has 0 saturated carbocycles. The summed E-state index contributed by atoms with van der Waals surface area (Å²) in [6, 6.07) is 4.02. The predicted octanol–water partition coefficient (Wildman–Crippen LogP) is 3.15. The zero-order valence-corrected chi connectivity index (χ0v) is 11.1. The normalized spacial score (nSPS) is 12.6. The molecule has 0 saturated heterocycles. The molecule has 0 fully saturated rings. The van der Waals surface area contributed by atoms with E-state index >= 15 is 0 Å². The molecule has 0 bridgehead atoms. The number of rotatable bonds is 4. The summed E-state index contributed by atoms with van der Waals surface area (Å²) < 4.78 is 13.0. The molecule has 0 spiro atoms. The molecule has 1 unspecified atom stereocenters. The van der Waals surface area contributed by atoms with Crippen molar-refractivity contribution in [1.82, 2.24) is 10.3 Å². The fourth-order valence-corrected chi connectivity index (χ4v) is 2.45. The largest absolute Gasteiger partial charge is 0.508 e. The van der Waals surface area contributed by atoms with Crippen LogP contribution in [0.25, 0.3) is 0 Å². The second-order valence-corrected chi connectivity index (χ2v) is 5.09. The van der Waals surface area contributed by atoms with E-state index in [4.69, 9.17) is 0 Å². The van der Waals surface area contributed by atoms with Crippen LogP contribution in [0.15, 0.2) is 23.6 Å². The molecule has 3 nitrogen and oxygen atoms in total. The number of hydrogen-bond donors (Lipinski definition) is 2. The van der Waals surface area contributed by atoms with Crippen LogP contribution in [0.2, 0.25) is 0 Å². The van der Waals surface area contributed by atoms with Gasteiger partial charge in [0.25, 0.3) is 0 Å². The Morgan fingerprint density at radius 3 is 2.94 bits per heavy atom. The monoisotopic (exact) mass is 266 g/mol. The van der Waals surface area contributed by atoms with Gasteiger partial charge in [0.05, 0.1) is 6.04 Å². The first-order chi connectivity index (χ1) is 8.56. The lowest BCUT2D eigenvalue weighted by atomic mass is 10.2. The van der Waals surface area contributed by atoms with Crippen molar-refractivity contribution in [3.05, 3.63) is 45.7 Å². The minimum absolute atomic E-state index is 0.0753. The van der Waals surface area contributed by atoms with E-state index in [-0.39, 0.29) is 17.6 Å². The Labute approximate surface area is 109 Å². The zero-order valence-electron chi connectivity index (χ0n) is 10.3. The molecule has 1 heterocycles. The van der Waals surface area contributed by atoms with Gasteiger partial charge in [0.15, 0.2) is 0 Å². The van der Waals surface area contributed by atoms with Crippen molar-refractivity contribution in [1.29, 1.82) is 0 Å². The number of nitrogens with one attached hydrogen (secondary N) is 1. The SMILES string of the molecule is Cc1csc(C(C)NCc2cc(F)ccc2O)n1. The van der Waals surface area contributed by atoms with Crippen LogP contribution in [0.5, 0.6) is 5.75 Å². The summed E-state index contributed by atoms with van der Waals surface area (Å²) in [4.78, 5) is 4.38. The maximum Gasteiger partial charge on any atom is 0.123 e. The smallest absolute Gasteiger partial charge is 0.123 e. The van der Waals surface area contributed by atoms with Gasteiger partial charge < -0.3 is 10.4 Å². The first-order valence-electron chi connectivity index (χ1n) is 5.69. The summed E-state index contributed by atoms with van der Waals surface area (Å²) in [5, 5.41) is 15.8. The molecule has 1 aromatic carbocycles. The topological polar surface area (TPSA) is 45.1 Å². The van der Waals surface area contributed by atoms with E-state index in [1.165, 1.54) is 18.2 Å². The molecule has 18 heavy (non-hydrogen) atoms. The van der Waals surface area contributed by atoms with Gasteiger partial charge in [-0.1, -0.05) is 0 Å². The fourth-order valence-electron chi connectivity index (χ4n) is 1.62. The molecular formula is C13H15FN2OS. The van der Waals surface area contributed by atoms with Gasteiger partial charge in [0.2, 0.25) is 0 Å². The summed E-state index contributed by atoms with van der Waals surface area (Å²) in [5.74, 6) is -0.242. The zero-order chi connectivity index (χ0) is 13.1. The van der Waals surface area contributed by atoms with Crippen LogP contribution in [0.4, 0.5) is 4.39 Å². The summed E-state index contributed by atoms with van der Waals surface area (Å²) in [6.45, 7) is 4.35. The van der Waals surface area contributed by atoms with Crippen molar-refractivity contribution in [2.75, 3.05) is 0 Å². The van der Waals surface area contributed by atoms with Gasteiger partial charge in [0.1, 0.15) is 16.6 Å². The van der Waals surface area contributed by atoms with Crippen LogP contribution in [0.3, 0.4) is 0 Å². The molecule has 0 aliphatic carbocycles.